The lowest BCUT2D eigenvalue weighted by Crippen LogP contribution is -2.51. The van der Waals surface area contributed by atoms with Crippen molar-refractivity contribution in [2.75, 3.05) is 20.1 Å². The minimum atomic E-state index is -0.130. The summed E-state index contributed by atoms with van der Waals surface area (Å²) < 4.78 is 13.9. The second kappa shape index (κ2) is 9.39. The third-order valence-corrected chi connectivity index (χ3v) is 6.12. The highest BCUT2D eigenvalue weighted by Crippen LogP contribution is 2.41. The monoisotopic (exact) mass is 388 g/mol. The van der Waals surface area contributed by atoms with Gasteiger partial charge in [-0.05, 0) is 43.7 Å². The molecule has 1 saturated heterocycles. The summed E-state index contributed by atoms with van der Waals surface area (Å²) >= 11 is 0. The van der Waals surface area contributed by atoms with Crippen molar-refractivity contribution in [1.82, 2.24) is 15.5 Å². The molecule has 2 atom stereocenters. The zero-order chi connectivity index (χ0) is 20.1. The van der Waals surface area contributed by atoms with Crippen molar-refractivity contribution in [3.8, 4) is 0 Å². The first kappa shape index (κ1) is 20.6. The number of halogens is 1. The molecule has 2 aliphatic rings. The molecule has 1 aliphatic carbocycles. The van der Waals surface area contributed by atoms with Gasteiger partial charge in [0.15, 0.2) is 5.96 Å². The number of nitrogens with zero attached hydrogens (tertiary/aromatic N) is 2. The molecule has 3 rings (SSSR count). The van der Waals surface area contributed by atoms with Crippen LogP contribution in [-0.2, 0) is 4.79 Å². The van der Waals surface area contributed by atoms with Crippen LogP contribution in [0.5, 0.6) is 0 Å². The molecule has 0 aromatic heterocycles. The molecule has 0 spiro atoms. The van der Waals surface area contributed by atoms with Crippen LogP contribution in [0.1, 0.15) is 57.4 Å². The summed E-state index contributed by atoms with van der Waals surface area (Å²) in [4.78, 5) is 18.9. The maximum Gasteiger partial charge on any atom is 0.225 e. The van der Waals surface area contributed by atoms with E-state index in [1.54, 1.807) is 13.1 Å². The number of guanidine groups is 1. The third kappa shape index (κ3) is 4.83. The number of carbonyl (C=O) groups is 1. The summed E-state index contributed by atoms with van der Waals surface area (Å²) in [5, 5.41) is 6.91. The zero-order valence-corrected chi connectivity index (χ0v) is 17.2. The minimum absolute atomic E-state index is 0.130. The summed E-state index contributed by atoms with van der Waals surface area (Å²) in [6, 6.07) is 7.53. The van der Waals surface area contributed by atoms with Gasteiger partial charge in [-0.3, -0.25) is 9.79 Å². The number of likely N-dealkylation sites (tertiary alicyclic amines) is 1. The molecule has 5 nitrogen and oxygen atoms in total. The molecule has 6 heteroatoms. The fraction of sp³-hybridized carbons (Fsp3) is 0.636. The second-order valence-electron chi connectivity index (χ2n) is 7.94. The average Bonchev–Trinajstić information content (AvgIpc) is 3.48. The highest BCUT2D eigenvalue weighted by Gasteiger charge is 2.40. The van der Waals surface area contributed by atoms with Crippen molar-refractivity contribution in [2.24, 2.45) is 10.9 Å². The predicted molar refractivity (Wildman–Crippen MR) is 111 cm³/mol. The van der Waals surface area contributed by atoms with E-state index in [1.807, 2.05) is 17.0 Å². The molecule has 1 aliphatic heterocycles. The SMILES string of the molecule is CCC(CC)C(=O)N1CCC(NC(=NC)NC2CC2c2ccccc2F)CC1. The van der Waals surface area contributed by atoms with E-state index in [0.29, 0.717) is 11.9 Å². The van der Waals surface area contributed by atoms with E-state index in [2.05, 4.69) is 29.5 Å². The number of rotatable bonds is 6. The average molecular weight is 389 g/mol. The van der Waals surface area contributed by atoms with Gasteiger partial charge in [-0.15, -0.1) is 0 Å². The Morgan fingerprint density at radius 3 is 2.50 bits per heavy atom. The number of amides is 1. The molecule has 2 fully saturated rings. The van der Waals surface area contributed by atoms with Gasteiger partial charge in [0, 0.05) is 44.1 Å². The first-order valence-corrected chi connectivity index (χ1v) is 10.6. The number of hydrogen-bond donors (Lipinski definition) is 2. The van der Waals surface area contributed by atoms with E-state index in [-0.39, 0.29) is 23.7 Å². The van der Waals surface area contributed by atoms with Crippen LogP contribution in [-0.4, -0.2) is 49.0 Å². The van der Waals surface area contributed by atoms with Crippen molar-refractivity contribution < 1.29 is 9.18 Å². The Bertz CT molecular complexity index is 696. The molecule has 1 saturated carbocycles. The van der Waals surface area contributed by atoms with Crippen LogP contribution in [0.3, 0.4) is 0 Å². The Morgan fingerprint density at radius 2 is 1.89 bits per heavy atom. The number of hydrogen-bond acceptors (Lipinski definition) is 2. The summed E-state index contributed by atoms with van der Waals surface area (Å²) in [5.41, 5.74) is 0.781. The number of nitrogens with one attached hydrogen (secondary N) is 2. The first-order valence-electron chi connectivity index (χ1n) is 10.6. The minimum Gasteiger partial charge on any atom is -0.354 e. The van der Waals surface area contributed by atoms with Crippen LogP contribution >= 0.6 is 0 Å². The normalized spacial score (nSPS) is 23.0. The van der Waals surface area contributed by atoms with Gasteiger partial charge in [-0.1, -0.05) is 32.0 Å². The third-order valence-electron chi connectivity index (χ3n) is 6.12. The standard InChI is InChI=1S/C22H33FN4O/c1-4-15(5-2)21(28)27-12-10-16(11-13-27)25-22(24-3)26-20-14-18(20)17-8-6-7-9-19(17)23/h6-9,15-16,18,20H,4-5,10-14H2,1-3H3,(H2,24,25,26). The molecular formula is C22H33FN4O. The van der Waals surface area contributed by atoms with E-state index in [1.165, 1.54) is 6.07 Å². The van der Waals surface area contributed by atoms with Gasteiger partial charge >= 0.3 is 0 Å². The van der Waals surface area contributed by atoms with Gasteiger partial charge in [0.2, 0.25) is 5.91 Å². The quantitative estimate of drug-likeness (QED) is 0.581. The number of aliphatic imine (C=N–C) groups is 1. The lowest BCUT2D eigenvalue weighted by molar-refractivity contribution is -0.136. The largest absolute Gasteiger partial charge is 0.354 e. The van der Waals surface area contributed by atoms with Crippen molar-refractivity contribution in [3.63, 3.8) is 0 Å². The lowest BCUT2D eigenvalue weighted by Gasteiger charge is -2.35. The number of piperidine rings is 1. The predicted octanol–water partition coefficient (Wildman–Crippen LogP) is 3.27. The summed E-state index contributed by atoms with van der Waals surface area (Å²) in [5.74, 6) is 1.31. The molecular weight excluding hydrogens is 355 g/mol. The second-order valence-corrected chi connectivity index (χ2v) is 7.94. The number of benzene rings is 1. The summed E-state index contributed by atoms with van der Waals surface area (Å²) in [6.45, 7) is 5.77. The van der Waals surface area contributed by atoms with Crippen molar-refractivity contribution >= 4 is 11.9 Å². The lowest BCUT2D eigenvalue weighted by atomic mass is 9.98. The van der Waals surface area contributed by atoms with E-state index in [9.17, 15) is 9.18 Å². The van der Waals surface area contributed by atoms with Crippen LogP contribution in [0.4, 0.5) is 4.39 Å². The van der Waals surface area contributed by atoms with Gasteiger partial charge in [-0.2, -0.15) is 0 Å². The van der Waals surface area contributed by atoms with E-state index in [4.69, 9.17) is 0 Å². The van der Waals surface area contributed by atoms with E-state index < -0.39 is 0 Å². The molecule has 1 amide bonds. The molecule has 154 valence electrons. The molecule has 1 heterocycles. The van der Waals surface area contributed by atoms with Crippen molar-refractivity contribution in [3.05, 3.63) is 35.6 Å². The van der Waals surface area contributed by atoms with Crippen LogP contribution in [0.25, 0.3) is 0 Å². The highest BCUT2D eigenvalue weighted by atomic mass is 19.1. The zero-order valence-electron chi connectivity index (χ0n) is 17.2. The van der Waals surface area contributed by atoms with E-state index >= 15 is 0 Å². The Kier molecular flexibility index (Phi) is 6.92. The van der Waals surface area contributed by atoms with Gasteiger partial charge in [0.05, 0.1) is 0 Å². The highest BCUT2D eigenvalue weighted by molar-refractivity contribution is 5.81. The molecule has 0 radical (unpaired) electrons. The fourth-order valence-corrected chi connectivity index (χ4v) is 4.15. The van der Waals surface area contributed by atoms with Gasteiger partial charge in [0.25, 0.3) is 0 Å². The smallest absolute Gasteiger partial charge is 0.225 e. The van der Waals surface area contributed by atoms with Crippen LogP contribution in [0.15, 0.2) is 29.3 Å². The Labute approximate surface area is 167 Å². The fourth-order valence-electron chi connectivity index (χ4n) is 4.15. The van der Waals surface area contributed by atoms with Crippen LogP contribution < -0.4 is 10.6 Å². The van der Waals surface area contributed by atoms with Crippen LogP contribution in [0.2, 0.25) is 0 Å². The number of carbonyl (C=O) groups excluding carboxylic acids is 1. The molecule has 28 heavy (non-hydrogen) atoms. The Morgan fingerprint density at radius 1 is 1.21 bits per heavy atom. The first-order chi connectivity index (χ1) is 13.6. The summed E-state index contributed by atoms with van der Waals surface area (Å²) in [7, 11) is 1.77. The topological polar surface area (TPSA) is 56.7 Å². The molecule has 2 N–H and O–H groups in total. The summed E-state index contributed by atoms with van der Waals surface area (Å²) in [6.07, 6.45) is 4.59. The van der Waals surface area contributed by atoms with Crippen molar-refractivity contribution in [1.29, 1.82) is 0 Å². The molecule has 1 aromatic carbocycles. The molecule has 1 aromatic rings. The maximum absolute atomic E-state index is 13.9. The van der Waals surface area contributed by atoms with Gasteiger partial charge < -0.3 is 15.5 Å². The van der Waals surface area contributed by atoms with Gasteiger partial charge in [0.1, 0.15) is 5.82 Å². The van der Waals surface area contributed by atoms with Gasteiger partial charge in [-0.25, -0.2) is 4.39 Å². The van der Waals surface area contributed by atoms with Crippen LogP contribution in [0, 0.1) is 11.7 Å². The molecule has 2 unspecified atom stereocenters. The van der Waals surface area contributed by atoms with E-state index in [0.717, 1.165) is 56.7 Å². The maximum atomic E-state index is 13.9. The molecule has 0 bridgehead atoms. The van der Waals surface area contributed by atoms with Crippen molar-refractivity contribution in [2.45, 2.75) is 64.0 Å². The Hall–Kier alpha value is -2.11. The Balaban J connectivity index is 1.46.